The predicted molar refractivity (Wildman–Crippen MR) is 97.3 cm³/mol. The number of hydrogen-bond donors (Lipinski definition) is 1. The van der Waals surface area contributed by atoms with Crippen molar-refractivity contribution in [3.63, 3.8) is 0 Å². The standard InChI is InChI=1S/C17H18ClN3OS/c1-4-11-9-12-15(20-17(18)21-16(12)23-11)19-13-7-5-6-8-14(13)22-10(2)3/h5-10H,4H2,1-3H3,(H,19,20,21). The number of benzene rings is 1. The van der Waals surface area contributed by atoms with Crippen LogP contribution >= 0.6 is 22.9 Å². The van der Waals surface area contributed by atoms with E-state index < -0.39 is 0 Å². The van der Waals surface area contributed by atoms with Gasteiger partial charge in [0.15, 0.2) is 0 Å². The molecule has 6 heteroatoms. The van der Waals surface area contributed by atoms with E-state index in [1.165, 1.54) is 4.88 Å². The van der Waals surface area contributed by atoms with Crippen molar-refractivity contribution in [2.24, 2.45) is 0 Å². The van der Waals surface area contributed by atoms with Gasteiger partial charge < -0.3 is 10.1 Å². The van der Waals surface area contributed by atoms with E-state index in [4.69, 9.17) is 16.3 Å². The normalized spacial score (nSPS) is 11.2. The average molecular weight is 348 g/mol. The maximum Gasteiger partial charge on any atom is 0.225 e. The fourth-order valence-electron chi connectivity index (χ4n) is 2.27. The lowest BCUT2D eigenvalue weighted by molar-refractivity contribution is 0.244. The molecule has 1 aromatic carbocycles. The Morgan fingerprint density at radius 3 is 2.78 bits per heavy atom. The summed E-state index contributed by atoms with van der Waals surface area (Å²) in [6.45, 7) is 6.13. The highest BCUT2D eigenvalue weighted by molar-refractivity contribution is 7.18. The van der Waals surface area contributed by atoms with Crippen LogP contribution in [0.15, 0.2) is 30.3 Å². The lowest BCUT2D eigenvalue weighted by Crippen LogP contribution is -2.07. The molecule has 0 bridgehead atoms. The third-order valence-corrected chi connectivity index (χ3v) is 4.61. The topological polar surface area (TPSA) is 47.0 Å². The van der Waals surface area contributed by atoms with Crippen molar-refractivity contribution in [1.82, 2.24) is 9.97 Å². The molecule has 0 aliphatic rings. The van der Waals surface area contributed by atoms with Crippen LogP contribution in [-0.2, 0) is 6.42 Å². The molecule has 0 fully saturated rings. The number of halogens is 1. The Hall–Kier alpha value is -1.85. The molecule has 2 heterocycles. The highest BCUT2D eigenvalue weighted by Crippen LogP contribution is 2.34. The second kappa shape index (κ2) is 6.72. The average Bonchev–Trinajstić information content (AvgIpc) is 2.92. The predicted octanol–water partition coefficient (Wildman–Crippen LogP) is 5.44. The number of aromatic nitrogens is 2. The molecule has 120 valence electrons. The zero-order chi connectivity index (χ0) is 16.4. The van der Waals surface area contributed by atoms with Crippen LogP contribution in [0.2, 0.25) is 5.28 Å². The summed E-state index contributed by atoms with van der Waals surface area (Å²) in [4.78, 5) is 10.8. The molecular formula is C17H18ClN3OS. The first-order valence-corrected chi connectivity index (χ1v) is 8.75. The Bertz CT molecular complexity index is 832. The van der Waals surface area contributed by atoms with Gasteiger partial charge in [-0.2, -0.15) is 4.98 Å². The first-order valence-electron chi connectivity index (χ1n) is 7.55. The Morgan fingerprint density at radius 2 is 2.04 bits per heavy atom. The zero-order valence-electron chi connectivity index (χ0n) is 13.3. The molecule has 0 unspecified atom stereocenters. The zero-order valence-corrected chi connectivity index (χ0v) is 14.8. The molecule has 0 saturated carbocycles. The van der Waals surface area contributed by atoms with Gasteiger partial charge in [0.2, 0.25) is 5.28 Å². The lowest BCUT2D eigenvalue weighted by Gasteiger charge is -2.15. The number of aryl methyl sites for hydroxylation is 1. The van der Waals surface area contributed by atoms with Crippen LogP contribution in [0, 0.1) is 0 Å². The van der Waals surface area contributed by atoms with Crippen LogP contribution in [0.4, 0.5) is 11.5 Å². The molecule has 3 aromatic rings. The maximum atomic E-state index is 6.08. The highest BCUT2D eigenvalue weighted by Gasteiger charge is 2.13. The second-order valence-electron chi connectivity index (χ2n) is 5.41. The second-order valence-corrected chi connectivity index (χ2v) is 6.87. The molecule has 3 rings (SSSR count). The third kappa shape index (κ3) is 3.57. The van der Waals surface area contributed by atoms with Crippen molar-refractivity contribution in [2.75, 3.05) is 5.32 Å². The molecule has 4 nitrogen and oxygen atoms in total. The number of rotatable bonds is 5. The van der Waals surface area contributed by atoms with E-state index in [-0.39, 0.29) is 11.4 Å². The monoisotopic (exact) mass is 347 g/mol. The van der Waals surface area contributed by atoms with Crippen LogP contribution in [0.1, 0.15) is 25.6 Å². The Morgan fingerprint density at radius 1 is 1.26 bits per heavy atom. The van der Waals surface area contributed by atoms with E-state index in [1.54, 1.807) is 11.3 Å². The molecular weight excluding hydrogens is 330 g/mol. The van der Waals surface area contributed by atoms with Crippen molar-refractivity contribution in [1.29, 1.82) is 0 Å². The molecule has 0 amide bonds. The summed E-state index contributed by atoms with van der Waals surface area (Å²) in [5.74, 6) is 1.49. The SMILES string of the molecule is CCc1cc2c(Nc3ccccc3OC(C)C)nc(Cl)nc2s1. The lowest BCUT2D eigenvalue weighted by atomic mass is 10.2. The molecule has 0 atom stereocenters. The number of anilines is 2. The van der Waals surface area contributed by atoms with Crippen LogP contribution in [0.5, 0.6) is 5.75 Å². The van der Waals surface area contributed by atoms with E-state index in [0.717, 1.165) is 28.1 Å². The van der Waals surface area contributed by atoms with Crippen LogP contribution in [0.25, 0.3) is 10.2 Å². The summed E-state index contributed by atoms with van der Waals surface area (Å²) in [5, 5.41) is 4.57. The summed E-state index contributed by atoms with van der Waals surface area (Å²) in [6.07, 6.45) is 1.06. The smallest absolute Gasteiger partial charge is 0.225 e. The van der Waals surface area contributed by atoms with E-state index >= 15 is 0 Å². The van der Waals surface area contributed by atoms with Crippen molar-refractivity contribution in [2.45, 2.75) is 33.3 Å². The van der Waals surface area contributed by atoms with Crippen LogP contribution in [0.3, 0.4) is 0 Å². The van der Waals surface area contributed by atoms with Crippen molar-refractivity contribution in [3.05, 3.63) is 40.5 Å². The quantitative estimate of drug-likeness (QED) is 0.624. The number of hydrogen-bond acceptors (Lipinski definition) is 5. The number of nitrogens with one attached hydrogen (secondary N) is 1. The highest BCUT2D eigenvalue weighted by atomic mass is 35.5. The molecule has 0 aliphatic heterocycles. The van der Waals surface area contributed by atoms with Crippen molar-refractivity contribution in [3.8, 4) is 5.75 Å². The van der Waals surface area contributed by atoms with Gasteiger partial charge in [0.25, 0.3) is 0 Å². The van der Waals surface area contributed by atoms with E-state index in [0.29, 0.717) is 5.82 Å². The minimum absolute atomic E-state index is 0.0970. The Kier molecular flexibility index (Phi) is 4.68. The fourth-order valence-corrected chi connectivity index (χ4v) is 3.46. The van der Waals surface area contributed by atoms with E-state index in [2.05, 4.69) is 28.3 Å². The number of thiophene rings is 1. The van der Waals surface area contributed by atoms with Crippen molar-refractivity contribution < 1.29 is 4.74 Å². The molecule has 0 saturated heterocycles. The van der Waals surface area contributed by atoms with Crippen molar-refractivity contribution >= 4 is 44.7 Å². The van der Waals surface area contributed by atoms with Gasteiger partial charge in [-0.05, 0) is 50.1 Å². The largest absolute Gasteiger partial charge is 0.489 e. The number of fused-ring (bicyclic) bond motifs is 1. The first kappa shape index (κ1) is 16.0. The first-order chi connectivity index (χ1) is 11.1. The molecule has 23 heavy (non-hydrogen) atoms. The molecule has 1 N–H and O–H groups in total. The maximum absolute atomic E-state index is 6.08. The van der Waals surface area contributed by atoms with E-state index in [1.807, 2.05) is 38.1 Å². The summed E-state index contributed by atoms with van der Waals surface area (Å²) in [6, 6.07) is 9.93. The minimum Gasteiger partial charge on any atom is -0.489 e. The summed E-state index contributed by atoms with van der Waals surface area (Å²) in [7, 11) is 0. The Balaban J connectivity index is 2.03. The molecule has 0 radical (unpaired) electrons. The third-order valence-electron chi connectivity index (χ3n) is 3.27. The number of para-hydroxylation sites is 2. The van der Waals surface area contributed by atoms with Gasteiger partial charge in [0.05, 0.1) is 17.2 Å². The van der Waals surface area contributed by atoms with E-state index in [9.17, 15) is 0 Å². The summed E-state index contributed by atoms with van der Waals surface area (Å²) in [5.41, 5.74) is 0.863. The van der Waals surface area contributed by atoms with Gasteiger partial charge in [0.1, 0.15) is 16.4 Å². The molecule has 0 spiro atoms. The summed E-state index contributed by atoms with van der Waals surface area (Å²) < 4.78 is 5.85. The van der Waals surface area contributed by atoms with Gasteiger partial charge in [-0.15, -0.1) is 11.3 Å². The molecule has 0 aliphatic carbocycles. The molecule has 2 aromatic heterocycles. The minimum atomic E-state index is 0.0970. The van der Waals surface area contributed by atoms with Gasteiger partial charge in [-0.1, -0.05) is 19.1 Å². The fraction of sp³-hybridized carbons (Fsp3) is 0.294. The van der Waals surface area contributed by atoms with Crippen LogP contribution in [-0.4, -0.2) is 16.1 Å². The van der Waals surface area contributed by atoms with Crippen LogP contribution < -0.4 is 10.1 Å². The number of nitrogens with zero attached hydrogens (tertiary/aromatic N) is 2. The Labute approximate surface area is 144 Å². The van der Waals surface area contributed by atoms with Gasteiger partial charge in [-0.3, -0.25) is 0 Å². The van der Waals surface area contributed by atoms with Gasteiger partial charge >= 0.3 is 0 Å². The number of ether oxygens (including phenoxy) is 1. The summed E-state index contributed by atoms with van der Waals surface area (Å²) >= 11 is 7.72. The van der Waals surface area contributed by atoms with Gasteiger partial charge in [0, 0.05) is 4.88 Å². The van der Waals surface area contributed by atoms with Gasteiger partial charge in [-0.25, -0.2) is 4.98 Å².